The summed E-state index contributed by atoms with van der Waals surface area (Å²) in [5.74, 6) is -3.54. The number of hydrogen-bond donors (Lipinski definition) is 1. The molecule has 0 fully saturated rings. The van der Waals surface area contributed by atoms with Gasteiger partial charge in [0.05, 0.1) is 12.8 Å². The van der Waals surface area contributed by atoms with E-state index in [9.17, 15) is 18.4 Å². The van der Waals surface area contributed by atoms with Crippen LogP contribution in [-0.2, 0) is 9.53 Å². The molecule has 0 saturated heterocycles. The van der Waals surface area contributed by atoms with Gasteiger partial charge < -0.3 is 14.6 Å². The van der Waals surface area contributed by atoms with Crippen molar-refractivity contribution in [2.45, 2.75) is 25.8 Å². The third-order valence-corrected chi connectivity index (χ3v) is 3.33. The van der Waals surface area contributed by atoms with Crippen molar-refractivity contribution in [3.05, 3.63) is 52.9 Å². The molecule has 1 aromatic carbocycles. The Bertz CT molecular complexity index is 758. The minimum atomic E-state index is -1.45. The van der Waals surface area contributed by atoms with Crippen molar-refractivity contribution in [2.24, 2.45) is 0 Å². The molecule has 6 nitrogen and oxygen atoms in total. The van der Waals surface area contributed by atoms with Gasteiger partial charge in [0.15, 0.2) is 6.04 Å². The summed E-state index contributed by atoms with van der Waals surface area (Å²) in [6.45, 7) is 3.73. The van der Waals surface area contributed by atoms with Crippen LogP contribution >= 0.6 is 0 Å². The molecule has 2 aromatic rings. The minimum absolute atomic E-state index is 0.0428. The molecular weight excluding hydrogens is 322 g/mol. The van der Waals surface area contributed by atoms with Gasteiger partial charge in [-0.15, -0.1) is 0 Å². The summed E-state index contributed by atoms with van der Waals surface area (Å²) in [4.78, 5) is 24.1. The number of benzene rings is 1. The lowest BCUT2D eigenvalue weighted by molar-refractivity contribution is -0.143. The van der Waals surface area contributed by atoms with Gasteiger partial charge in [0, 0.05) is 17.7 Å². The highest BCUT2D eigenvalue weighted by molar-refractivity contribution is 5.94. The zero-order chi connectivity index (χ0) is 17.9. The van der Waals surface area contributed by atoms with Crippen molar-refractivity contribution in [3.8, 4) is 0 Å². The van der Waals surface area contributed by atoms with E-state index in [4.69, 9.17) is 4.52 Å². The molecule has 0 radical (unpaired) electrons. The third-order valence-electron chi connectivity index (χ3n) is 3.33. The average Bonchev–Trinajstić information content (AvgIpc) is 3.02. The minimum Gasteiger partial charge on any atom is -0.467 e. The molecule has 1 N–H and O–H groups in total. The molecule has 1 atom stereocenters. The summed E-state index contributed by atoms with van der Waals surface area (Å²) in [5.41, 5.74) is 0.336. The van der Waals surface area contributed by atoms with Gasteiger partial charge in [-0.2, -0.15) is 0 Å². The summed E-state index contributed by atoms with van der Waals surface area (Å²) < 4.78 is 36.4. The maximum Gasteiger partial charge on any atom is 0.333 e. The Morgan fingerprint density at radius 1 is 1.25 bits per heavy atom. The molecule has 0 aliphatic rings. The largest absolute Gasteiger partial charge is 0.467 e. The fourth-order valence-corrected chi connectivity index (χ4v) is 1.99. The Morgan fingerprint density at radius 3 is 2.50 bits per heavy atom. The zero-order valence-corrected chi connectivity index (χ0v) is 13.3. The quantitative estimate of drug-likeness (QED) is 0.848. The number of aromatic nitrogens is 1. The normalized spacial score (nSPS) is 12.1. The monoisotopic (exact) mass is 338 g/mol. The van der Waals surface area contributed by atoms with Crippen molar-refractivity contribution in [1.29, 1.82) is 0 Å². The first-order valence-electron chi connectivity index (χ1n) is 7.13. The van der Waals surface area contributed by atoms with Crippen molar-refractivity contribution < 1.29 is 27.6 Å². The van der Waals surface area contributed by atoms with E-state index in [0.29, 0.717) is 11.8 Å². The smallest absolute Gasteiger partial charge is 0.333 e. The molecule has 24 heavy (non-hydrogen) atoms. The van der Waals surface area contributed by atoms with Crippen LogP contribution in [0.2, 0.25) is 0 Å². The number of ether oxygens (including phenoxy) is 1. The van der Waals surface area contributed by atoms with Crippen LogP contribution in [0.4, 0.5) is 8.78 Å². The number of halogens is 2. The van der Waals surface area contributed by atoms with E-state index in [0.717, 1.165) is 19.2 Å². The summed E-state index contributed by atoms with van der Waals surface area (Å²) >= 11 is 0. The van der Waals surface area contributed by atoms with E-state index >= 15 is 0 Å². The molecule has 0 unspecified atom stereocenters. The van der Waals surface area contributed by atoms with Gasteiger partial charge in [-0.25, -0.2) is 13.6 Å². The number of nitrogens with zero attached hydrogens (tertiary/aromatic N) is 1. The van der Waals surface area contributed by atoms with E-state index in [-0.39, 0.29) is 17.2 Å². The highest BCUT2D eigenvalue weighted by Gasteiger charge is 2.28. The Morgan fingerprint density at radius 2 is 1.96 bits per heavy atom. The highest BCUT2D eigenvalue weighted by Crippen LogP contribution is 2.21. The van der Waals surface area contributed by atoms with E-state index in [1.54, 1.807) is 0 Å². The molecular formula is C16H16F2N2O4. The van der Waals surface area contributed by atoms with Gasteiger partial charge in [-0.3, -0.25) is 4.79 Å². The number of hydrogen-bond acceptors (Lipinski definition) is 5. The number of methoxy groups -OCH3 is 1. The number of carbonyl (C=O) groups is 2. The van der Waals surface area contributed by atoms with E-state index in [2.05, 4.69) is 15.2 Å². The molecule has 1 heterocycles. The van der Waals surface area contributed by atoms with E-state index < -0.39 is 29.6 Å². The topological polar surface area (TPSA) is 81.4 Å². The van der Waals surface area contributed by atoms with Gasteiger partial charge in [-0.1, -0.05) is 25.1 Å². The molecule has 0 aliphatic carbocycles. The van der Waals surface area contributed by atoms with Crippen LogP contribution in [0.3, 0.4) is 0 Å². The van der Waals surface area contributed by atoms with Crippen LogP contribution in [0.15, 0.2) is 28.8 Å². The van der Waals surface area contributed by atoms with Crippen molar-refractivity contribution in [1.82, 2.24) is 10.5 Å². The van der Waals surface area contributed by atoms with Crippen LogP contribution in [0, 0.1) is 11.6 Å². The molecule has 0 spiro atoms. The predicted molar refractivity (Wildman–Crippen MR) is 79.2 cm³/mol. The molecule has 2 rings (SSSR count). The summed E-state index contributed by atoms with van der Waals surface area (Å²) in [5, 5.41) is 6.04. The Labute approximate surface area is 136 Å². The fourth-order valence-electron chi connectivity index (χ4n) is 1.99. The Kier molecular flexibility index (Phi) is 5.28. The first kappa shape index (κ1) is 17.6. The van der Waals surface area contributed by atoms with Gasteiger partial charge in [0.1, 0.15) is 11.6 Å². The van der Waals surface area contributed by atoms with Crippen LogP contribution in [0.25, 0.3) is 0 Å². The van der Waals surface area contributed by atoms with Crippen molar-refractivity contribution in [2.75, 3.05) is 7.11 Å². The third kappa shape index (κ3) is 3.76. The van der Waals surface area contributed by atoms with Crippen LogP contribution < -0.4 is 5.32 Å². The van der Waals surface area contributed by atoms with Crippen molar-refractivity contribution >= 4 is 11.9 Å². The van der Waals surface area contributed by atoms with Gasteiger partial charge in [0.25, 0.3) is 5.91 Å². The number of rotatable bonds is 5. The van der Waals surface area contributed by atoms with E-state index in [1.807, 2.05) is 13.8 Å². The predicted octanol–water partition coefficient (Wildman–Crippen LogP) is 2.72. The summed E-state index contributed by atoms with van der Waals surface area (Å²) in [6, 6.07) is 2.63. The Hall–Kier alpha value is -2.77. The lowest BCUT2D eigenvalue weighted by Gasteiger charge is -2.16. The number of esters is 1. The molecule has 0 bridgehead atoms. The average molecular weight is 338 g/mol. The van der Waals surface area contributed by atoms with Crippen LogP contribution in [0.1, 0.15) is 47.6 Å². The second kappa shape index (κ2) is 7.20. The van der Waals surface area contributed by atoms with Gasteiger partial charge in [0.2, 0.25) is 5.76 Å². The number of nitrogens with one attached hydrogen (secondary N) is 1. The van der Waals surface area contributed by atoms with Gasteiger partial charge >= 0.3 is 5.97 Å². The first-order valence-corrected chi connectivity index (χ1v) is 7.13. The standard InChI is InChI=1S/C16H16F2N2O4/c1-8(2)12-7-13(24-20-12)15(21)19-14(16(22)23-3)10-5-4-9(17)6-11(10)18/h4-8,14H,1-3H3,(H,19,21)/t14-/m1/s1. The van der Waals surface area contributed by atoms with Crippen molar-refractivity contribution in [3.63, 3.8) is 0 Å². The molecule has 1 amide bonds. The lowest BCUT2D eigenvalue weighted by Crippen LogP contribution is -2.35. The fraction of sp³-hybridized carbons (Fsp3) is 0.312. The molecule has 0 saturated carbocycles. The highest BCUT2D eigenvalue weighted by atomic mass is 19.1. The molecule has 128 valence electrons. The zero-order valence-electron chi connectivity index (χ0n) is 13.3. The molecule has 1 aromatic heterocycles. The van der Waals surface area contributed by atoms with Crippen LogP contribution in [0.5, 0.6) is 0 Å². The SMILES string of the molecule is COC(=O)[C@H](NC(=O)c1cc(C(C)C)no1)c1ccc(F)cc1F. The van der Waals surface area contributed by atoms with Gasteiger partial charge in [-0.05, 0) is 12.0 Å². The van der Waals surface area contributed by atoms with Crippen LogP contribution in [-0.4, -0.2) is 24.1 Å². The second-order valence-corrected chi connectivity index (χ2v) is 5.37. The molecule has 8 heteroatoms. The lowest BCUT2D eigenvalue weighted by atomic mass is 10.1. The first-order chi connectivity index (χ1) is 11.3. The summed E-state index contributed by atoms with van der Waals surface area (Å²) in [6.07, 6.45) is 0. The second-order valence-electron chi connectivity index (χ2n) is 5.37. The summed E-state index contributed by atoms with van der Waals surface area (Å²) in [7, 11) is 1.09. The number of carbonyl (C=O) groups excluding carboxylic acids is 2. The number of amides is 1. The maximum absolute atomic E-state index is 13.9. The van der Waals surface area contributed by atoms with E-state index in [1.165, 1.54) is 6.07 Å². The maximum atomic E-state index is 13.9. The molecule has 0 aliphatic heterocycles. The Balaban J connectivity index is 2.28.